The summed E-state index contributed by atoms with van der Waals surface area (Å²) in [4.78, 5) is 4.60. The molecule has 1 heterocycles. The van der Waals surface area contributed by atoms with Crippen molar-refractivity contribution in [2.45, 2.75) is 45.6 Å². The first-order chi connectivity index (χ1) is 9.22. The van der Waals surface area contributed by atoms with Gasteiger partial charge in [0, 0.05) is 22.8 Å². The number of aromatic nitrogens is 1. The summed E-state index contributed by atoms with van der Waals surface area (Å²) in [6, 6.07) is 11.2. The zero-order valence-corrected chi connectivity index (χ0v) is 11.8. The maximum Gasteiger partial charge on any atom is 0.0725 e. The minimum Gasteiger partial charge on any atom is -0.382 e. The van der Waals surface area contributed by atoms with Crippen LogP contribution in [-0.2, 0) is 0 Å². The molecule has 0 aliphatic heterocycles. The van der Waals surface area contributed by atoms with Crippen molar-refractivity contribution in [3.8, 4) is 0 Å². The van der Waals surface area contributed by atoms with Gasteiger partial charge >= 0.3 is 0 Å². The Kier molecular flexibility index (Phi) is 3.41. The Labute approximate surface area is 115 Å². The predicted octanol–water partition coefficient (Wildman–Crippen LogP) is 4.53. The van der Waals surface area contributed by atoms with Crippen LogP contribution >= 0.6 is 0 Å². The summed E-state index contributed by atoms with van der Waals surface area (Å²) in [6.07, 6.45) is 5.27. The van der Waals surface area contributed by atoms with Crippen molar-refractivity contribution in [3.63, 3.8) is 0 Å². The molecule has 1 aliphatic carbocycles. The fourth-order valence-corrected chi connectivity index (χ4v) is 3.05. The molecule has 2 aromatic rings. The van der Waals surface area contributed by atoms with Gasteiger partial charge in [0.15, 0.2) is 0 Å². The van der Waals surface area contributed by atoms with E-state index in [1.54, 1.807) is 0 Å². The maximum atomic E-state index is 4.60. The normalized spacial score (nSPS) is 23.5. The van der Waals surface area contributed by atoms with Gasteiger partial charge < -0.3 is 5.32 Å². The number of para-hydroxylation sites is 1. The molecule has 1 aromatic carbocycles. The second-order valence-electron chi connectivity index (χ2n) is 5.93. The quantitative estimate of drug-likeness (QED) is 0.851. The fourth-order valence-electron chi connectivity index (χ4n) is 3.05. The third-order valence-corrected chi connectivity index (χ3v) is 4.22. The second-order valence-corrected chi connectivity index (χ2v) is 5.93. The molecule has 0 bridgehead atoms. The highest BCUT2D eigenvalue weighted by molar-refractivity contribution is 5.91. The van der Waals surface area contributed by atoms with Gasteiger partial charge in [-0.25, -0.2) is 0 Å². The minimum atomic E-state index is 0.626. The zero-order valence-electron chi connectivity index (χ0n) is 11.8. The smallest absolute Gasteiger partial charge is 0.0725 e. The van der Waals surface area contributed by atoms with Crippen molar-refractivity contribution in [2.24, 2.45) is 5.92 Å². The SMILES string of the molecule is Cc1cc(NC2CCC(C)CC2)c2ccccc2n1. The highest BCUT2D eigenvalue weighted by Gasteiger charge is 2.18. The van der Waals surface area contributed by atoms with Crippen molar-refractivity contribution in [1.82, 2.24) is 4.98 Å². The number of benzene rings is 1. The topological polar surface area (TPSA) is 24.9 Å². The van der Waals surface area contributed by atoms with E-state index in [1.165, 1.54) is 36.8 Å². The molecule has 2 heteroatoms. The molecule has 1 saturated carbocycles. The number of pyridine rings is 1. The molecule has 0 unspecified atom stereocenters. The van der Waals surface area contributed by atoms with E-state index in [-0.39, 0.29) is 0 Å². The summed E-state index contributed by atoms with van der Waals surface area (Å²) in [5.74, 6) is 0.897. The Morgan fingerprint density at radius 1 is 1.11 bits per heavy atom. The van der Waals surface area contributed by atoms with E-state index < -0.39 is 0 Å². The lowest BCUT2D eigenvalue weighted by Gasteiger charge is -2.28. The van der Waals surface area contributed by atoms with Gasteiger partial charge in [-0.15, -0.1) is 0 Å². The van der Waals surface area contributed by atoms with Crippen LogP contribution in [0.2, 0.25) is 0 Å². The van der Waals surface area contributed by atoms with Gasteiger partial charge in [0.05, 0.1) is 5.52 Å². The van der Waals surface area contributed by atoms with E-state index in [2.05, 4.69) is 54.5 Å². The lowest BCUT2D eigenvalue weighted by atomic mass is 9.87. The van der Waals surface area contributed by atoms with Crippen LogP contribution in [0.4, 0.5) is 5.69 Å². The molecule has 2 nitrogen and oxygen atoms in total. The van der Waals surface area contributed by atoms with Gasteiger partial charge in [-0.05, 0) is 50.7 Å². The van der Waals surface area contributed by atoms with Crippen LogP contribution < -0.4 is 5.32 Å². The van der Waals surface area contributed by atoms with Crippen molar-refractivity contribution in [2.75, 3.05) is 5.32 Å². The molecule has 0 radical (unpaired) electrons. The van der Waals surface area contributed by atoms with E-state index in [1.807, 2.05) is 0 Å². The molecular formula is C17H22N2. The summed E-state index contributed by atoms with van der Waals surface area (Å²) < 4.78 is 0. The molecule has 1 aromatic heterocycles. The molecule has 1 aliphatic rings. The average molecular weight is 254 g/mol. The van der Waals surface area contributed by atoms with Crippen LogP contribution in [0.1, 0.15) is 38.3 Å². The summed E-state index contributed by atoms with van der Waals surface area (Å²) >= 11 is 0. The third-order valence-electron chi connectivity index (χ3n) is 4.22. The lowest BCUT2D eigenvalue weighted by Crippen LogP contribution is -2.25. The Morgan fingerprint density at radius 3 is 2.63 bits per heavy atom. The molecule has 19 heavy (non-hydrogen) atoms. The van der Waals surface area contributed by atoms with Gasteiger partial charge in [0.25, 0.3) is 0 Å². The third kappa shape index (κ3) is 2.73. The molecule has 0 spiro atoms. The molecule has 1 fully saturated rings. The summed E-state index contributed by atoms with van der Waals surface area (Å²) in [7, 11) is 0. The zero-order chi connectivity index (χ0) is 13.2. The van der Waals surface area contributed by atoms with E-state index in [4.69, 9.17) is 0 Å². The van der Waals surface area contributed by atoms with Crippen LogP contribution in [0.5, 0.6) is 0 Å². The number of fused-ring (bicyclic) bond motifs is 1. The number of anilines is 1. The largest absolute Gasteiger partial charge is 0.382 e. The number of nitrogens with zero attached hydrogens (tertiary/aromatic N) is 1. The van der Waals surface area contributed by atoms with Gasteiger partial charge in [0.2, 0.25) is 0 Å². The summed E-state index contributed by atoms with van der Waals surface area (Å²) in [6.45, 7) is 4.43. The highest BCUT2D eigenvalue weighted by Crippen LogP contribution is 2.29. The van der Waals surface area contributed by atoms with E-state index in [9.17, 15) is 0 Å². The molecule has 3 rings (SSSR count). The predicted molar refractivity (Wildman–Crippen MR) is 81.5 cm³/mol. The standard InChI is InChI=1S/C17H22N2/c1-12-7-9-14(10-8-12)19-17-11-13(2)18-16-6-4-3-5-15(16)17/h3-6,11-12,14H,7-10H2,1-2H3,(H,18,19). The lowest BCUT2D eigenvalue weighted by molar-refractivity contribution is 0.361. The van der Waals surface area contributed by atoms with E-state index in [0.717, 1.165) is 17.1 Å². The van der Waals surface area contributed by atoms with Gasteiger partial charge in [-0.2, -0.15) is 0 Å². The van der Waals surface area contributed by atoms with Crippen molar-refractivity contribution in [1.29, 1.82) is 0 Å². The Bertz CT molecular complexity index is 568. The number of hydrogen-bond acceptors (Lipinski definition) is 2. The summed E-state index contributed by atoms with van der Waals surface area (Å²) in [5.41, 5.74) is 3.43. The fraction of sp³-hybridized carbons (Fsp3) is 0.471. The van der Waals surface area contributed by atoms with Gasteiger partial charge in [-0.1, -0.05) is 25.1 Å². The van der Waals surface area contributed by atoms with Crippen LogP contribution in [0, 0.1) is 12.8 Å². The average Bonchev–Trinajstić information content (AvgIpc) is 2.41. The number of nitrogens with one attached hydrogen (secondary N) is 1. The first-order valence-corrected chi connectivity index (χ1v) is 7.35. The van der Waals surface area contributed by atoms with Crippen LogP contribution in [-0.4, -0.2) is 11.0 Å². The van der Waals surface area contributed by atoms with Crippen molar-refractivity contribution in [3.05, 3.63) is 36.0 Å². The Hall–Kier alpha value is -1.57. The highest BCUT2D eigenvalue weighted by atomic mass is 14.9. The second kappa shape index (κ2) is 5.20. The van der Waals surface area contributed by atoms with E-state index in [0.29, 0.717) is 6.04 Å². The minimum absolute atomic E-state index is 0.626. The van der Waals surface area contributed by atoms with Crippen LogP contribution in [0.3, 0.4) is 0 Å². The Morgan fingerprint density at radius 2 is 1.84 bits per heavy atom. The Balaban J connectivity index is 1.88. The summed E-state index contributed by atoms with van der Waals surface area (Å²) in [5, 5.41) is 4.99. The number of hydrogen-bond donors (Lipinski definition) is 1. The van der Waals surface area contributed by atoms with Gasteiger partial charge in [-0.3, -0.25) is 4.98 Å². The molecular weight excluding hydrogens is 232 g/mol. The maximum absolute atomic E-state index is 4.60. The van der Waals surface area contributed by atoms with E-state index >= 15 is 0 Å². The molecule has 0 saturated heterocycles. The molecule has 1 N–H and O–H groups in total. The van der Waals surface area contributed by atoms with Crippen LogP contribution in [0.25, 0.3) is 10.9 Å². The molecule has 100 valence electrons. The molecule has 0 amide bonds. The van der Waals surface area contributed by atoms with Crippen molar-refractivity contribution < 1.29 is 0 Å². The molecule has 0 atom stereocenters. The van der Waals surface area contributed by atoms with Crippen molar-refractivity contribution >= 4 is 16.6 Å². The number of aryl methyl sites for hydroxylation is 1. The van der Waals surface area contributed by atoms with Gasteiger partial charge in [0.1, 0.15) is 0 Å². The number of rotatable bonds is 2. The van der Waals surface area contributed by atoms with Crippen LogP contribution in [0.15, 0.2) is 30.3 Å². The monoisotopic (exact) mass is 254 g/mol. The first-order valence-electron chi connectivity index (χ1n) is 7.35. The first kappa shape index (κ1) is 12.5.